The number of anilines is 1. The molecule has 3 aromatic rings. The zero-order valence-corrected chi connectivity index (χ0v) is 17.8. The number of rotatable bonds is 2. The molecular formula is C24H26ClN3O. The van der Waals surface area contributed by atoms with Gasteiger partial charge in [-0.25, -0.2) is 4.79 Å². The largest absolute Gasteiger partial charge is 0.348 e. The zero-order chi connectivity index (χ0) is 20.6. The van der Waals surface area contributed by atoms with Gasteiger partial charge in [-0.15, -0.1) is 0 Å². The topological polar surface area (TPSA) is 37.3 Å². The van der Waals surface area contributed by atoms with Crippen molar-refractivity contribution in [2.24, 2.45) is 0 Å². The molecule has 0 spiro atoms. The summed E-state index contributed by atoms with van der Waals surface area (Å²) in [5.74, 6) is 0. The van der Waals surface area contributed by atoms with Crippen LogP contribution >= 0.6 is 11.6 Å². The molecule has 1 atom stereocenters. The van der Waals surface area contributed by atoms with Gasteiger partial charge in [0.05, 0.1) is 6.04 Å². The predicted octanol–water partition coefficient (Wildman–Crippen LogP) is 6.08. The lowest BCUT2D eigenvalue weighted by molar-refractivity contribution is 0.182. The normalized spacial score (nSPS) is 16.4. The minimum Gasteiger partial charge on any atom is -0.348 e. The molecule has 0 saturated carbocycles. The number of urea groups is 1. The molecule has 4 nitrogen and oxygen atoms in total. The highest BCUT2D eigenvalue weighted by Gasteiger charge is 2.32. The molecule has 0 bridgehead atoms. The van der Waals surface area contributed by atoms with Crippen LogP contribution < -0.4 is 5.32 Å². The molecule has 0 aliphatic carbocycles. The molecule has 1 aromatic heterocycles. The number of nitrogens with zero attached hydrogens (tertiary/aromatic N) is 2. The lowest BCUT2D eigenvalue weighted by Crippen LogP contribution is -2.44. The Balaban J connectivity index is 1.66. The highest BCUT2D eigenvalue weighted by molar-refractivity contribution is 6.30. The van der Waals surface area contributed by atoms with Crippen LogP contribution in [0.3, 0.4) is 0 Å². The van der Waals surface area contributed by atoms with Crippen LogP contribution in [-0.2, 0) is 12.0 Å². The Morgan fingerprint density at radius 3 is 2.34 bits per heavy atom. The van der Waals surface area contributed by atoms with Crippen molar-refractivity contribution < 1.29 is 4.79 Å². The van der Waals surface area contributed by atoms with Crippen molar-refractivity contribution in [3.8, 4) is 0 Å². The number of fused-ring (bicyclic) bond motifs is 1. The van der Waals surface area contributed by atoms with E-state index >= 15 is 0 Å². The summed E-state index contributed by atoms with van der Waals surface area (Å²) in [7, 11) is 0. The highest BCUT2D eigenvalue weighted by Crippen LogP contribution is 2.34. The number of carbonyl (C=O) groups excluding carboxylic acids is 1. The summed E-state index contributed by atoms with van der Waals surface area (Å²) >= 11 is 5.96. The molecule has 2 amide bonds. The van der Waals surface area contributed by atoms with E-state index in [-0.39, 0.29) is 17.5 Å². The van der Waals surface area contributed by atoms with Gasteiger partial charge in [0, 0.05) is 35.7 Å². The summed E-state index contributed by atoms with van der Waals surface area (Å²) in [4.78, 5) is 15.1. The summed E-state index contributed by atoms with van der Waals surface area (Å²) in [5, 5.41) is 3.67. The Hall–Kier alpha value is -2.72. The van der Waals surface area contributed by atoms with Crippen LogP contribution in [0.5, 0.6) is 0 Å². The minimum absolute atomic E-state index is 0.0942. The van der Waals surface area contributed by atoms with E-state index in [1.54, 1.807) is 12.1 Å². The Kier molecular flexibility index (Phi) is 5.13. The van der Waals surface area contributed by atoms with Crippen molar-refractivity contribution >= 4 is 23.3 Å². The van der Waals surface area contributed by atoms with Crippen molar-refractivity contribution in [3.63, 3.8) is 0 Å². The number of benzene rings is 2. The molecule has 0 radical (unpaired) electrons. The first-order chi connectivity index (χ1) is 13.8. The number of halogens is 1. The monoisotopic (exact) mass is 407 g/mol. The van der Waals surface area contributed by atoms with Crippen molar-refractivity contribution in [2.45, 2.75) is 38.8 Å². The third-order valence-electron chi connectivity index (χ3n) is 5.49. The molecule has 29 heavy (non-hydrogen) atoms. The van der Waals surface area contributed by atoms with Gasteiger partial charge in [-0.3, -0.25) is 0 Å². The van der Waals surface area contributed by atoms with Gasteiger partial charge in [0.25, 0.3) is 0 Å². The van der Waals surface area contributed by atoms with E-state index in [9.17, 15) is 4.79 Å². The zero-order valence-electron chi connectivity index (χ0n) is 17.0. The fraction of sp³-hybridized carbons (Fsp3) is 0.292. The maximum absolute atomic E-state index is 13.2. The molecule has 5 heteroatoms. The van der Waals surface area contributed by atoms with Gasteiger partial charge < -0.3 is 14.8 Å². The quantitative estimate of drug-likeness (QED) is 0.549. The number of amides is 2. The van der Waals surface area contributed by atoms with Gasteiger partial charge in [-0.05, 0) is 52.9 Å². The van der Waals surface area contributed by atoms with Crippen LogP contribution in [0.1, 0.15) is 43.6 Å². The third kappa shape index (κ3) is 4.03. The van der Waals surface area contributed by atoms with Gasteiger partial charge >= 0.3 is 6.03 Å². The SMILES string of the molecule is CC(C)(C)c1ccc(C2c3cccn3CCN2C(=O)Nc2ccc(Cl)cc2)cc1. The van der Waals surface area contributed by atoms with Crippen LogP contribution in [-0.4, -0.2) is 22.0 Å². The Morgan fingerprint density at radius 1 is 1.00 bits per heavy atom. The molecule has 1 aliphatic rings. The summed E-state index contributed by atoms with van der Waals surface area (Å²) in [6, 6.07) is 19.8. The molecule has 1 N–H and O–H groups in total. The van der Waals surface area contributed by atoms with E-state index in [0.717, 1.165) is 23.5 Å². The molecule has 2 aromatic carbocycles. The molecular weight excluding hydrogens is 382 g/mol. The highest BCUT2D eigenvalue weighted by atomic mass is 35.5. The number of aromatic nitrogens is 1. The first-order valence-electron chi connectivity index (χ1n) is 9.91. The first-order valence-corrected chi connectivity index (χ1v) is 10.3. The van der Waals surface area contributed by atoms with Crippen molar-refractivity contribution in [1.29, 1.82) is 0 Å². The summed E-state index contributed by atoms with van der Waals surface area (Å²) in [6.45, 7) is 8.05. The van der Waals surface area contributed by atoms with E-state index in [1.807, 2.05) is 23.1 Å². The summed E-state index contributed by atoms with van der Waals surface area (Å²) in [6.07, 6.45) is 2.08. The smallest absolute Gasteiger partial charge is 0.322 e. The van der Waals surface area contributed by atoms with Gasteiger partial charge in [-0.1, -0.05) is 56.6 Å². The molecule has 4 rings (SSSR count). The van der Waals surface area contributed by atoms with E-state index in [0.29, 0.717) is 11.6 Å². The van der Waals surface area contributed by atoms with Crippen LogP contribution in [0.25, 0.3) is 0 Å². The molecule has 1 unspecified atom stereocenters. The van der Waals surface area contributed by atoms with Crippen LogP contribution in [0.4, 0.5) is 10.5 Å². The van der Waals surface area contributed by atoms with E-state index in [1.165, 1.54) is 5.56 Å². The fourth-order valence-corrected chi connectivity index (χ4v) is 3.97. The number of hydrogen-bond donors (Lipinski definition) is 1. The van der Waals surface area contributed by atoms with Crippen molar-refractivity contribution in [3.05, 3.63) is 88.7 Å². The Morgan fingerprint density at radius 2 is 1.69 bits per heavy atom. The Bertz CT molecular complexity index is 1000. The lowest BCUT2D eigenvalue weighted by Gasteiger charge is -2.37. The van der Waals surface area contributed by atoms with Gasteiger partial charge in [0.2, 0.25) is 0 Å². The van der Waals surface area contributed by atoms with Crippen LogP contribution in [0, 0.1) is 0 Å². The van der Waals surface area contributed by atoms with Crippen LogP contribution in [0.2, 0.25) is 5.02 Å². The minimum atomic E-state index is -0.125. The summed E-state index contributed by atoms with van der Waals surface area (Å²) < 4.78 is 2.23. The van der Waals surface area contributed by atoms with Gasteiger partial charge in [0.1, 0.15) is 0 Å². The number of hydrogen-bond acceptors (Lipinski definition) is 1. The second-order valence-corrected chi connectivity index (χ2v) is 8.97. The molecule has 0 saturated heterocycles. The molecule has 2 heterocycles. The third-order valence-corrected chi connectivity index (χ3v) is 5.74. The fourth-order valence-electron chi connectivity index (χ4n) is 3.85. The standard InChI is InChI=1S/C24H26ClN3O/c1-24(2,3)18-8-6-17(7-9-18)22-21-5-4-14-27(21)15-16-28(22)23(29)26-20-12-10-19(25)11-13-20/h4-14,22H,15-16H2,1-3H3,(H,26,29). The maximum atomic E-state index is 13.2. The van der Waals surface area contributed by atoms with E-state index in [2.05, 4.69) is 67.2 Å². The second-order valence-electron chi connectivity index (χ2n) is 8.53. The van der Waals surface area contributed by atoms with E-state index < -0.39 is 0 Å². The summed E-state index contributed by atoms with van der Waals surface area (Å²) in [5.41, 5.74) is 4.36. The average molecular weight is 408 g/mol. The molecule has 150 valence electrons. The van der Waals surface area contributed by atoms with E-state index in [4.69, 9.17) is 11.6 Å². The van der Waals surface area contributed by atoms with Crippen molar-refractivity contribution in [2.75, 3.05) is 11.9 Å². The second kappa shape index (κ2) is 7.60. The van der Waals surface area contributed by atoms with Crippen LogP contribution in [0.15, 0.2) is 66.9 Å². The first kappa shape index (κ1) is 19.6. The maximum Gasteiger partial charge on any atom is 0.322 e. The number of nitrogens with one attached hydrogen (secondary N) is 1. The lowest BCUT2D eigenvalue weighted by atomic mass is 9.86. The van der Waals surface area contributed by atoms with Crippen molar-refractivity contribution in [1.82, 2.24) is 9.47 Å². The molecule has 0 fully saturated rings. The Labute approximate surface area is 177 Å². The van der Waals surface area contributed by atoms with Gasteiger partial charge in [-0.2, -0.15) is 0 Å². The predicted molar refractivity (Wildman–Crippen MR) is 119 cm³/mol. The average Bonchev–Trinajstić information content (AvgIpc) is 3.17. The molecule has 1 aliphatic heterocycles. The number of carbonyl (C=O) groups is 1. The van der Waals surface area contributed by atoms with Gasteiger partial charge in [0.15, 0.2) is 0 Å².